The van der Waals surface area contributed by atoms with E-state index < -0.39 is 7.15 Å². The first-order chi connectivity index (χ1) is 15.5. The maximum atomic E-state index is 9.96. The van der Waals surface area contributed by atoms with Crippen molar-refractivity contribution in [3.05, 3.63) is 33.7 Å². The Labute approximate surface area is 303 Å². The van der Waals surface area contributed by atoms with E-state index in [1.165, 1.54) is 0 Å². The molecule has 2 aromatic rings. The molecule has 2 aromatic heterocycles. The Hall–Kier alpha value is 2.22. The summed E-state index contributed by atoms with van der Waals surface area (Å²) in [5.41, 5.74) is 0. The van der Waals surface area contributed by atoms with Crippen LogP contribution < -0.4 is 108 Å². The molecular formula is C18H28Br2ClFK2N4O5. The van der Waals surface area contributed by atoms with Crippen molar-refractivity contribution in [1.29, 1.82) is 0 Å². The molecule has 0 atom stereocenters. The van der Waals surface area contributed by atoms with Gasteiger partial charge in [-0.3, -0.25) is 19.0 Å². The first-order valence-electron chi connectivity index (χ1n) is 9.90. The number of hydrogen-bond acceptors (Lipinski definition) is 7. The Balaban J connectivity index is -0.000000183. The minimum atomic E-state index is -1.00. The van der Waals surface area contributed by atoms with Gasteiger partial charge in [-0.05, 0) is 57.5 Å². The topological polar surface area (TPSA) is 114 Å². The number of nitrogens with zero attached hydrogens (tertiary/aromatic N) is 3. The van der Waals surface area contributed by atoms with E-state index in [0.717, 1.165) is 61.1 Å². The maximum Gasteiger partial charge on any atom is 1.00 e. The van der Waals surface area contributed by atoms with Crippen molar-refractivity contribution in [2.24, 2.45) is 0 Å². The molecule has 4 rings (SSSR count). The molecule has 0 radical (unpaired) electrons. The number of aromatic nitrogens is 4. The Morgan fingerprint density at radius 3 is 2.03 bits per heavy atom. The predicted molar refractivity (Wildman–Crippen MR) is 120 cm³/mol. The molecule has 15 heteroatoms. The van der Waals surface area contributed by atoms with Crippen LogP contribution in [0.3, 0.4) is 0 Å². The summed E-state index contributed by atoms with van der Waals surface area (Å²) >= 11 is 12.3. The Kier molecular flexibility index (Phi) is 32.6. The molecule has 1 N–H and O–H groups in total. The number of ether oxygens (including phenoxy) is 2. The van der Waals surface area contributed by atoms with Crippen LogP contribution >= 0.6 is 43.5 Å². The molecule has 33 heavy (non-hydrogen) atoms. The number of carbonyl (C=O) groups excluding carboxylic acids is 1. The monoisotopic (exact) mass is 671 g/mol. The number of aromatic amines is 1. The summed E-state index contributed by atoms with van der Waals surface area (Å²) in [6, 6.07) is 0.532. The number of rotatable bonds is 2. The van der Waals surface area contributed by atoms with Crippen molar-refractivity contribution < 1.29 is 134 Å². The van der Waals surface area contributed by atoms with Gasteiger partial charge >= 0.3 is 103 Å². The predicted octanol–water partition coefficient (Wildman–Crippen LogP) is -2.29. The molecule has 2 aliphatic heterocycles. The third kappa shape index (κ3) is 23.1. The molecule has 0 amide bonds. The smallest absolute Gasteiger partial charge is 1.00 e. The molecular weight excluding hydrogens is 645 g/mol. The van der Waals surface area contributed by atoms with Gasteiger partial charge in [-0.15, -0.1) is 11.6 Å². The van der Waals surface area contributed by atoms with Gasteiger partial charge in [0.2, 0.25) is 0 Å². The summed E-state index contributed by atoms with van der Waals surface area (Å²) in [6.45, 7) is 3.26. The van der Waals surface area contributed by atoms with Crippen LogP contribution in [0.2, 0.25) is 0 Å². The van der Waals surface area contributed by atoms with Crippen molar-refractivity contribution in [3.8, 4) is 0 Å². The van der Waals surface area contributed by atoms with Gasteiger partial charge in [-0.2, -0.15) is 10.2 Å². The Morgan fingerprint density at radius 2 is 1.76 bits per heavy atom. The largest absolute Gasteiger partial charge is 1.00 e. The fourth-order valence-corrected chi connectivity index (χ4v) is 3.05. The number of alkyl halides is 2. The molecule has 0 bridgehead atoms. The van der Waals surface area contributed by atoms with Gasteiger partial charge in [-0.1, -0.05) is 0 Å². The Morgan fingerprint density at radius 1 is 1.24 bits per heavy atom. The zero-order valence-corrected chi connectivity index (χ0v) is 29.0. The molecule has 0 spiro atoms. The van der Waals surface area contributed by atoms with Gasteiger partial charge in [0.15, 0.2) is 0 Å². The van der Waals surface area contributed by atoms with Crippen LogP contribution in [0.5, 0.6) is 0 Å². The molecule has 180 valence electrons. The van der Waals surface area contributed by atoms with E-state index in [4.69, 9.17) is 32.5 Å². The minimum Gasteiger partial charge on any atom is -1.00 e. The van der Waals surface area contributed by atoms with Crippen molar-refractivity contribution in [1.82, 2.24) is 20.0 Å². The summed E-state index contributed by atoms with van der Waals surface area (Å²) in [5, 5.41) is 19.3. The molecule has 4 heterocycles. The molecule has 9 nitrogen and oxygen atoms in total. The zero-order valence-electron chi connectivity index (χ0n) is 20.8. The van der Waals surface area contributed by atoms with E-state index >= 15 is 0 Å². The number of halogens is 4. The van der Waals surface area contributed by atoms with Crippen molar-refractivity contribution >= 4 is 49.9 Å². The van der Waals surface area contributed by atoms with E-state index in [2.05, 4.69) is 52.0 Å². The van der Waals surface area contributed by atoms with Crippen LogP contribution in [0, 0.1) is 0 Å². The zero-order chi connectivity index (χ0) is 24.0. The van der Waals surface area contributed by atoms with E-state index in [9.17, 15) is 4.39 Å². The molecule has 0 unspecified atom stereocenters. The van der Waals surface area contributed by atoms with Crippen molar-refractivity contribution in [3.63, 3.8) is 0 Å². The molecule has 0 saturated carbocycles. The Bertz CT molecular complexity index is 679. The second-order valence-electron chi connectivity index (χ2n) is 5.88. The molecule has 2 saturated heterocycles. The van der Waals surface area contributed by atoms with Crippen LogP contribution in [0.15, 0.2) is 33.7 Å². The average Bonchev–Trinajstić information content (AvgIpc) is 3.47. The molecule has 0 aliphatic carbocycles. The maximum absolute atomic E-state index is 9.96. The summed E-state index contributed by atoms with van der Waals surface area (Å²) in [6.07, 6.45) is 11.5. The third-order valence-electron chi connectivity index (χ3n) is 3.79. The van der Waals surface area contributed by atoms with Gasteiger partial charge in [0.25, 0.3) is 6.47 Å². The quantitative estimate of drug-likeness (QED) is 0.126. The first-order valence-corrected chi connectivity index (χ1v) is 11.2. The van der Waals surface area contributed by atoms with E-state index in [0.29, 0.717) is 11.4 Å². The van der Waals surface area contributed by atoms with Crippen molar-refractivity contribution in [2.75, 3.05) is 33.6 Å². The normalized spacial score (nSPS) is 15.4. The van der Waals surface area contributed by atoms with Crippen molar-refractivity contribution in [2.45, 2.75) is 37.1 Å². The summed E-state index contributed by atoms with van der Waals surface area (Å²) in [5.74, 6) is 0. The second kappa shape index (κ2) is 28.8. The van der Waals surface area contributed by atoms with Crippen LogP contribution in [-0.4, -0.2) is 65.4 Å². The number of carbonyl (C=O) groups is 1. The summed E-state index contributed by atoms with van der Waals surface area (Å²) in [4.78, 5) is 11.2. The van der Waals surface area contributed by atoms with Gasteiger partial charge in [0.1, 0.15) is 0 Å². The van der Waals surface area contributed by atoms with Gasteiger partial charge < -0.3 is 21.0 Å². The fraction of sp³-hybridized carbons (Fsp3) is 0.611. The van der Waals surface area contributed by atoms with Crippen LogP contribution in [-0.2, 0) is 19.2 Å². The van der Waals surface area contributed by atoms with Crippen LogP contribution in [0.4, 0.5) is 4.39 Å². The van der Waals surface area contributed by atoms with E-state index in [1.807, 2.05) is 17.1 Å². The minimum absolute atomic E-state index is 0. The molecule has 0 aromatic carbocycles. The molecule has 2 fully saturated rings. The van der Waals surface area contributed by atoms with Crippen LogP contribution in [0.25, 0.3) is 0 Å². The van der Waals surface area contributed by atoms with Gasteiger partial charge in [0.05, 0.1) is 35.9 Å². The van der Waals surface area contributed by atoms with Crippen LogP contribution in [0.1, 0.15) is 34.5 Å². The second-order valence-corrected chi connectivity index (χ2v) is 8.33. The fourth-order valence-electron chi connectivity index (χ4n) is 2.37. The molecule has 2 aliphatic rings. The number of hydrogen-bond donors (Lipinski definition) is 1. The van der Waals surface area contributed by atoms with E-state index in [1.54, 1.807) is 12.4 Å². The summed E-state index contributed by atoms with van der Waals surface area (Å²) in [7, 11) is -1.00. The third-order valence-corrected chi connectivity index (χ3v) is 5.07. The first kappa shape index (κ1) is 37.4. The van der Waals surface area contributed by atoms with Gasteiger partial charge in [-0.25, -0.2) is 0 Å². The number of nitrogens with one attached hydrogen (secondary N) is 1. The summed E-state index contributed by atoms with van der Waals surface area (Å²) < 4.78 is 29.9. The standard InChI is InChI=1S/C8H11BrN2O.C5H9ClO.C3H3BrN2.CH3F.CH2O3.2K.H/c9-7-5-10-11(6-7)8-1-3-12-4-2-8;6-5-1-3-7-4-2-5;4-3-1-5-6-2-3;1-2;2-1-4-3;;;/h5-6,8H,1-4H2;5H,1-4H2;1-2H,(H,5,6);1H3;1,3H;;;/q;;;;;2*+1;-1/p-1/i;;;1D;;;;. The van der Waals surface area contributed by atoms with Gasteiger partial charge in [0, 0.05) is 44.2 Å². The average molecular weight is 674 g/mol. The SMILES string of the molecule is Brc1cn[nH]c1.Brc1cnn(C2CCOCC2)c1.ClC1CCOCC1.O=CO[O-].[2H]CF.[H-].[K+].[K+]. The van der Waals surface area contributed by atoms with E-state index in [-0.39, 0.29) is 111 Å². The number of H-pyrrole nitrogens is 1.